The third-order valence-electron chi connectivity index (χ3n) is 2.41. The Morgan fingerprint density at radius 2 is 0.926 bits per heavy atom. The molecule has 0 amide bonds. The maximum Gasteiger partial charge on any atom is 1.00 e. The van der Waals surface area contributed by atoms with Crippen molar-refractivity contribution in [1.82, 2.24) is 0 Å². The predicted octanol–water partition coefficient (Wildman–Crippen LogP) is 0.0460. The number of alkyl halides is 15. The van der Waals surface area contributed by atoms with Crippen LogP contribution in [0.2, 0.25) is 0 Å². The minimum atomic E-state index is -8.22. The third-order valence-corrected chi connectivity index (χ3v) is 2.41. The molecule has 0 aromatic heterocycles. The topological polar surface area (TPSA) is 49.4 Å². The van der Waals surface area contributed by atoms with Gasteiger partial charge >= 0.3 is 71.6 Å². The van der Waals surface area contributed by atoms with Crippen LogP contribution >= 0.6 is 0 Å². The Labute approximate surface area is 158 Å². The number of halogens is 15. The fourth-order valence-electron chi connectivity index (χ4n) is 1.01. The zero-order valence-corrected chi connectivity index (χ0v) is 13.9. The first kappa shape index (κ1) is 28.6. The van der Waals surface area contributed by atoms with E-state index in [1.807, 2.05) is 0 Å². The molecule has 0 aliphatic rings. The summed E-state index contributed by atoms with van der Waals surface area (Å²) in [7, 11) is 0. The van der Waals surface area contributed by atoms with Gasteiger partial charge in [-0.2, -0.15) is 65.9 Å². The first-order chi connectivity index (χ1) is 10.9. The quantitative estimate of drug-likeness (QED) is 0.423. The third kappa shape index (κ3) is 4.36. The molecule has 0 fully saturated rings. The van der Waals surface area contributed by atoms with Crippen LogP contribution in [0.15, 0.2) is 0 Å². The van der Waals surface area contributed by atoms with E-state index >= 15 is 0 Å². The normalized spacial score (nSPS) is 17.1. The van der Waals surface area contributed by atoms with Gasteiger partial charge in [-0.05, 0) is 0 Å². The molecule has 0 saturated carbocycles. The average Bonchev–Trinajstić information content (AvgIpc) is 2.34. The van der Waals surface area contributed by atoms with E-state index in [1.54, 1.807) is 0 Å². The summed E-state index contributed by atoms with van der Waals surface area (Å²) in [5.41, 5.74) is 0. The van der Waals surface area contributed by atoms with E-state index in [0.29, 0.717) is 0 Å². The van der Waals surface area contributed by atoms with E-state index in [9.17, 15) is 75.8 Å². The number of carboxylic acid groups (broad SMARTS) is 1. The number of rotatable bonds is 6. The van der Waals surface area contributed by atoms with Crippen LogP contribution in [0.1, 0.15) is 0 Å². The fourth-order valence-corrected chi connectivity index (χ4v) is 1.01. The Kier molecular flexibility index (Phi) is 7.76. The molecule has 1 atom stereocenters. The molecule has 156 valence electrons. The Morgan fingerprint density at radius 3 is 1.15 bits per heavy atom. The van der Waals surface area contributed by atoms with Gasteiger partial charge in [0.25, 0.3) is 0 Å². The summed E-state index contributed by atoms with van der Waals surface area (Å²) in [6.07, 6.45) is -22.7. The molecule has 0 N–H and O–H groups in total. The van der Waals surface area contributed by atoms with Crippen molar-refractivity contribution in [2.75, 3.05) is 0 Å². The van der Waals surface area contributed by atoms with Gasteiger partial charge in [-0.25, -0.2) is 0 Å². The van der Waals surface area contributed by atoms with Gasteiger partial charge < -0.3 is 9.90 Å². The average molecular weight is 452 g/mol. The predicted molar refractivity (Wildman–Crippen MR) is 41.8 cm³/mol. The molecule has 0 aromatic carbocycles. The molecule has 0 aromatic rings. The van der Waals surface area contributed by atoms with Crippen molar-refractivity contribution in [3.8, 4) is 0 Å². The number of carboxylic acids is 1. The zero-order chi connectivity index (χ0) is 21.8. The van der Waals surface area contributed by atoms with E-state index in [2.05, 4.69) is 0 Å². The Hall–Kier alpha value is -0.620. The van der Waals surface area contributed by atoms with E-state index in [4.69, 9.17) is 0 Å². The van der Waals surface area contributed by atoms with E-state index in [-0.39, 0.29) is 29.6 Å². The first-order valence-electron chi connectivity index (χ1n) is 5.15. The van der Waals surface area contributed by atoms with E-state index in [1.165, 1.54) is 4.74 Å². The molecule has 0 radical (unpaired) electrons. The van der Waals surface area contributed by atoms with E-state index < -0.39 is 48.1 Å². The number of hydrogen-bond donors (Lipinski definition) is 0. The number of hydrogen-bond acceptors (Lipinski definition) is 3. The first-order valence-corrected chi connectivity index (χ1v) is 5.15. The van der Waals surface area contributed by atoms with Crippen molar-refractivity contribution in [3.05, 3.63) is 0 Å². The Balaban J connectivity index is 0. The summed E-state index contributed by atoms with van der Waals surface area (Å²) in [5, 5.41) is 9.85. The molecular weight excluding hydrogens is 452 g/mol. The van der Waals surface area contributed by atoms with Crippen LogP contribution in [0.3, 0.4) is 0 Å². The van der Waals surface area contributed by atoms with Crippen molar-refractivity contribution >= 4 is 5.97 Å². The van der Waals surface area contributed by atoms with Crippen molar-refractivity contribution < 1.29 is 110 Å². The molecule has 0 aliphatic carbocycles. The van der Waals surface area contributed by atoms with Crippen molar-refractivity contribution in [2.24, 2.45) is 0 Å². The Morgan fingerprint density at radius 1 is 0.593 bits per heavy atom. The molecule has 3 nitrogen and oxygen atoms in total. The number of aliphatic carboxylic acids is 1. The van der Waals surface area contributed by atoms with E-state index in [0.717, 1.165) is 0 Å². The maximum atomic E-state index is 12.9. The Bertz CT molecular complexity index is 552. The summed E-state index contributed by atoms with van der Waals surface area (Å²) < 4.78 is 187. The van der Waals surface area contributed by atoms with Crippen LogP contribution in [0.25, 0.3) is 0 Å². The van der Waals surface area contributed by atoms with Gasteiger partial charge in [0.05, 0.1) is 0 Å². The van der Waals surface area contributed by atoms with Gasteiger partial charge in [0.2, 0.25) is 0 Å². The monoisotopic (exact) mass is 452 g/mol. The van der Waals surface area contributed by atoms with Crippen molar-refractivity contribution in [3.63, 3.8) is 0 Å². The van der Waals surface area contributed by atoms with Gasteiger partial charge in [-0.1, -0.05) is 0 Å². The summed E-state index contributed by atoms with van der Waals surface area (Å²) >= 11 is 0. The fraction of sp³-hybridized carbons (Fsp3) is 0.875. The van der Waals surface area contributed by atoms with Gasteiger partial charge in [-0.15, -0.1) is 0 Å². The number of carbonyl (C=O) groups is 1. The summed E-state index contributed by atoms with van der Waals surface area (Å²) in [5.74, 6) is -35.8. The SMILES string of the molecule is O=C([O-])C(F)(OC(F)(F)C(F)(F)C(F)(F)C(F)(F)C(F)(F)F)C(F)(F)F.[Na+]. The van der Waals surface area contributed by atoms with Crippen LogP contribution in [0.4, 0.5) is 65.9 Å². The van der Waals surface area contributed by atoms with Crippen LogP contribution in [0.5, 0.6) is 0 Å². The largest absolute Gasteiger partial charge is 1.00 e. The second kappa shape index (κ2) is 7.33. The van der Waals surface area contributed by atoms with Gasteiger partial charge in [0.1, 0.15) is 5.97 Å². The maximum absolute atomic E-state index is 12.9. The second-order valence-corrected chi connectivity index (χ2v) is 4.22. The molecule has 0 rings (SSSR count). The minimum absolute atomic E-state index is 0. The molecule has 27 heavy (non-hydrogen) atoms. The summed E-state index contributed by atoms with van der Waals surface area (Å²) in [6.45, 7) is 0. The molecule has 0 aliphatic heterocycles. The molecule has 0 bridgehead atoms. The molecule has 0 saturated heterocycles. The van der Waals surface area contributed by atoms with Crippen LogP contribution in [-0.2, 0) is 9.53 Å². The number of carbonyl (C=O) groups excluding carboxylic acids is 1. The van der Waals surface area contributed by atoms with Crippen LogP contribution in [0, 0.1) is 0 Å². The van der Waals surface area contributed by atoms with Gasteiger partial charge in [0.15, 0.2) is 0 Å². The minimum Gasteiger partial charge on any atom is -0.544 e. The molecule has 19 heteroatoms. The number of ether oxygens (including phenoxy) is 1. The van der Waals surface area contributed by atoms with Crippen molar-refractivity contribution in [1.29, 1.82) is 0 Å². The molecule has 1 unspecified atom stereocenters. The second-order valence-electron chi connectivity index (χ2n) is 4.22. The summed E-state index contributed by atoms with van der Waals surface area (Å²) in [4.78, 5) is 9.85. The smallest absolute Gasteiger partial charge is 0.544 e. The van der Waals surface area contributed by atoms with Gasteiger partial charge in [-0.3, -0.25) is 4.74 Å². The molecular formula is C8F15NaO3. The van der Waals surface area contributed by atoms with Crippen molar-refractivity contribution in [2.45, 2.75) is 42.1 Å². The van der Waals surface area contributed by atoms with Gasteiger partial charge in [0, 0.05) is 0 Å². The standard InChI is InChI=1S/C8HF15O3.Na/c9-2(1(24)25,6(16,17)18)26-8(22,23)5(14,15)3(10,11)4(12,13)7(19,20)21;/h(H,24,25);/q;+1/p-1. The summed E-state index contributed by atoms with van der Waals surface area (Å²) in [6, 6.07) is 0. The van der Waals surface area contributed by atoms with Crippen LogP contribution in [-0.4, -0.2) is 48.1 Å². The molecule has 0 spiro atoms. The molecule has 0 heterocycles. The van der Waals surface area contributed by atoms with Crippen LogP contribution < -0.4 is 34.7 Å². The zero-order valence-electron chi connectivity index (χ0n) is 11.9.